The van der Waals surface area contributed by atoms with Crippen LogP contribution in [0, 0.1) is 6.92 Å². The Morgan fingerprint density at radius 1 is 1.22 bits per heavy atom. The van der Waals surface area contributed by atoms with E-state index in [2.05, 4.69) is 16.8 Å². The van der Waals surface area contributed by atoms with Crippen molar-refractivity contribution in [3.63, 3.8) is 0 Å². The number of benzene rings is 1. The Bertz CT molecular complexity index is 800. The zero-order valence-corrected chi connectivity index (χ0v) is 17.6. The fourth-order valence-electron chi connectivity index (χ4n) is 2.80. The van der Waals surface area contributed by atoms with E-state index < -0.39 is 16.1 Å². The van der Waals surface area contributed by atoms with E-state index in [1.54, 1.807) is 11.8 Å². The maximum Gasteiger partial charge on any atom is 0.488 e. The summed E-state index contributed by atoms with van der Waals surface area (Å²) in [6.45, 7) is 9.07. The lowest BCUT2D eigenvalue weighted by Crippen LogP contribution is -2.50. The van der Waals surface area contributed by atoms with Crippen LogP contribution in [0.2, 0.25) is 0 Å². The van der Waals surface area contributed by atoms with Crippen LogP contribution in [0.5, 0.6) is 5.75 Å². The molecule has 0 bridgehead atoms. The van der Waals surface area contributed by atoms with E-state index in [9.17, 15) is 17.1 Å². The number of piperazine rings is 1. The summed E-state index contributed by atoms with van der Waals surface area (Å²) in [4.78, 5) is 15.8. The number of nitrogens with zero attached hydrogens (tertiary/aromatic N) is 2. The predicted octanol–water partition coefficient (Wildman–Crippen LogP) is 3.08. The third kappa shape index (κ3) is 6.17. The second-order valence-corrected chi connectivity index (χ2v) is 8.60. The largest absolute Gasteiger partial charge is 0.488 e. The molecule has 2 rings (SSSR count). The van der Waals surface area contributed by atoms with Gasteiger partial charge in [0, 0.05) is 43.2 Å². The van der Waals surface area contributed by atoms with Crippen molar-refractivity contribution in [2.24, 2.45) is 0 Å². The van der Waals surface area contributed by atoms with E-state index in [0.717, 1.165) is 5.69 Å². The van der Waals surface area contributed by atoms with Crippen LogP contribution in [0.4, 0.5) is 14.4 Å². The van der Waals surface area contributed by atoms with Gasteiger partial charge in [-0.25, -0.2) is 4.79 Å². The zero-order valence-electron chi connectivity index (χ0n) is 15.9. The molecule has 27 heavy (non-hydrogen) atoms. The summed E-state index contributed by atoms with van der Waals surface area (Å²) < 4.78 is 44.6. The van der Waals surface area contributed by atoms with Crippen LogP contribution in [-0.2, 0) is 21.0 Å². The quantitative estimate of drug-likeness (QED) is 0.596. The summed E-state index contributed by atoms with van der Waals surface area (Å²) in [6, 6.07) is 3.32. The first-order valence-electron chi connectivity index (χ1n) is 8.51. The standard InChI is InChI=1S/C17H25FN2O5S2/c1-12-14(9-13(11-26)10-15(12)25-27(18,22)23)19-5-7-20(8-6-19)16(21)24-17(2,3)4/h9-10,26H,5-8,11H2,1-4H3. The topological polar surface area (TPSA) is 76.2 Å². The van der Waals surface area contributed by atoms with Crippen molar-refractivity contribution >= 4 is 34.9 Å². The molecule has 0 aromatic heterocycles. The normalized spacial score (nSPS) is 15.6. The molecule has 1 aliphatic heterocycles. The maximum absolute atomic E-state index is 13.0. The van der Waals surface area contributed by atoms with Crippen LogP contribution >= 0.6 is 12.6 Å². The SMILES string of the molecule is Cc1c(OS(=O)(=O)F)cc(CS)cc1N1CCN(C(=O)OC(C)(C)C)CC1. The van der Waals surface area contributed by atoms with E-state index in [4.69, 9.17) is 4.74 Å². The van der Waals surface area contributed by atoms with Crippen LogP contribution in [0.1, 0.15) is 31.9 Å². The van der Waals surface area contributed by atoms with E-state index in [0.29, 0.717) is 43.1 Å². The van der Waals surface area contributed by atoms with Gasteiger partial charge in [-0.2, -0.15) is 21.0 Å². The summed E-state index contributed by atoms with van der Waals surface area (Å²) in [7, 11) is -5.12. The first kappa shape index (κ1) is 21.6. The average Bonchev–Trinajstić information content (AvgIpc) is 2.54. The van der Waals surface area contributed by atoms with Gasteiger partial charge in [-0.1, -0.05) is 3.89 Å². The van der Waals surface area contributed by atoms with Gasteiger partial charge >= 0.3 is 16.6 Å². The monoisotopic (exact) mass is 420 g/mol. The molecule has 0 spiro atoms. The molecule has 1 aromatic rings. The van der Waals surface area contributed by atoms with Crippen molar-refractivity contribution in [1.29, 1.82) is 0 Å². The molecule has 152 valence electrons. The number of thiol groups is 1. The Morgan fingerprint density at radius 3 is 2.30 bits per heavy atom. The van der Waals surface area contributed by atoms with E-state index >= 15 is 0 Å². The van der Waals surface area contributed by atoms with E-state index in [1.165, 1.54) is 6.07 Å². The van der Waals surface area contributed by atoms with Gasteiger partial charge in [0.25, 0.3) is 0 Å². The summed E-state index contributed by atoms with van der Waals surface area (Å²) in [5.74, 6) is 0.280. The fourth-order valence-corrected chi connectivity index (χ4v) is 3.37. The van der Waals surface area contributed by atoms with Gasteiger partial charge in [-0.15, -0.1) is 0 Å². The molecular weight excluding hydrogens is 395 g/mol. The number of rotatable bonds is 4. The lowest BCUT2D eigenvalue weighted by molar-refractivity contribution is 0.0240. The number of amides is 1. The first-order valence-corrected chi connectivity index (χ1v) is 10.4. The summed E-state index contributed by atoms with van der Waals surface area (Å²) >= 11 is 4.21. The Kier molecular flexibility index (Phi) is 6.51. The van der Waals surface area contributed by atoms with Crippen molar-refractivity contribution in [2.75, 3.05) is 31.1 Å². The molecule has 0 radical (unpaired) electrons. The molecule has 0 N–H and O–H groups in total. The van der Waals surface area contributed by atoms with Crippen LogP contribution in [0.15, 0.2) is 12.1 Å². The number of halogens is 1. The van der Waals surface area contributed by atoms with Gasteiger partial charge in [0.15, 0.2) is 5.75 Å². The van der Waals surface area contributed by atoms with Crippen molar-refractivity contribution < 1.29 is 26.0 Å². The van der Waals surface area contributed by atoms with Crippen molar-refractivity contribution in [2.45, 2.75) is 39.0 Å². The number of carbonyl (C=O) groups is 1. The van der Waals surface area contributed by atoms with Crippen molar-refractivity contribution in [1.82, 2.24) is 4.90 Å². The Balaban J connectivity index is 2.18. The van der Waals surface area contributed by atoms with Gasteiger partial charge in [0.1, 0.15) is 5.60 Å². The number of ether oxygens (including phenoxy) is 1. The summed E-state index contributed by atoms with van der Waals surface area (Å²) in [5, 5.41) is 0. The molecule has 1 fully saturated rings. The molecule has 1 aromatic carbocycles. The van der Waals surface area contributed by atoms with Gasteiger partial charge in [0.2, 0.25) is 0 Å². The van der Waals surface area contributed by atoms with Crippen molar-refractivity contribution in [3.05, 3.63) is 23.3 Å². The molecule has 1 heterocycles. The fraction of sp³-hybridized carbons (Fsp3) is 0.588. The highest BCUT2D eigenvalue weighted by Gasteiger charge is 2.27. The van der Waals surface area contributed by atoms with Gasteiger partial charge in [-0.05, 0) is 45.4 Å². The summed E-state index contributed by atoms with van der Waals surface area (Å²) in [6.07, 6.45) is -0.365. The Labute approximate surface area is 165 Å². The maximum atomic E-state index is 13.0. The first-order chi connectivity index (χ1) is 12.4. The molecule has 1 amide bonds. The minimum absolute atomic E-state index is 0.0615. The van der Waals surface area contributed by atoms with Gasteiger partial charge < -0.3 is 18.7 Å². The van der Waals surface area contributed by atoms with Crippen LogP contribution in [0.25, 0.3) is 0 Å². The van der Waals surface area contributed by atoms with Gasteiger partial charge in [0.05, 0.1) is 0 Å². The second-order valence-electron chi connectivity index (χ2n) is 7.33. The highest BCUT2D eigenvalue weighted by molar-refractivity contribution is 7.81. The average molecular weight is 421 g/mol. The minimum atomic E-state index is -5.12. The third-order valence-electron chi connectivity index (χ3n) is 4.04. The van der Waals surface area contributed by atoms with Gasteiger partial charge in [-0.3, -0.25) is 0 Å². The minimum Gasteiger partial charge on any atom is -0.444 e. The molecule has 1 aliphatic rings. The Morgan fingerprint density at radius 2 is 1.81 bits per heavy atom. The summed E-state index contributed by atoms with van der Waals surface area (Å²) in [5.41, 5.74) is 1.37. The van der Waals surface area contributed by atoms with Crippen LogP contribution in [-0.4, -0.2) is 51.2 Å². The van der Waals surface area contributed by atoms with E-state index in [-0.39, 0.29) is 11.8 Å². The molecule has 7 nitrogen and oxygen atoms in total. The second kappa shape index (κ2) is 8.14. The molecule has 10 heteroatoms. The molecule has 0 saturated carbocycles. The zero-order chi connectivity index (χ0) is 20.4. The molecule has 0 aliphatic carbocycles. The predicted molar refractivity (Wildman–Crippen MR) is 105 cm³/mol. The number of hydrogen-bond acceptors (Lipinski definition) is 7. The highest BCUT2D eigenvalue weighted by atomic mass is 32.3. The Hall–Kier alpha value is -1.68. The third-order valence-corrected chi connectivity index (χ3v) is 4.78. The molecular formula is C17H25FN2O5S2. The van der Waals surface area contributed by atoms with Crippen molar-refractivity contribution in [3.8, 4) is 5.75 Å². The number of hydrogen-bond donors (Lipinski definition) is 1. The molecule has 0 unspecified atom stereocenters. The van der Waals surface area contributed by atoms with E-state index in [1.807, 2.05) is 31.7 Å². The van der Waals surface area contributed by atoms with Crippen LogP contribution < -0.4 is 9.08 Å². The van der Waals surface area contributed by atoms with Crippen LogP contribution in [0.3, 0.4) is 0 Å². The smallest absolute Gasteiger partial charge is 0.444 e. The lowest BCUT2D eigenvalue weighted by atomic mass is 10.1. The molecule has 0 atom stereocenters. The molecule has 1 saturated heterocycles. The number of anilines is 1. The lowest BCUT2D eigenvalue weighted by Gasteiger charge is -2.37. The highest BCUT2D eigenvalue weighted by Crippen LogP contribution is 2.33. The number of carbonyl (C=O) groups excluding carboxylic acids is 1.